The fourth-order valence-electron chi connectivity index (χ4n) is 2.60. The van der Waals surface area contributed by atoms with Crippen molar-refractivity contribution in [1.82, 2.24) is 0 Å². The number of nitrogens with two attached hydrogens (primary N) is 1. The van der Waals surface area contributed by atoms with E-state index in [0.717, 1.165) is 23.2 Å². The molecule has 3 nitrogen and oxygen atoms in total. The molecule has 0 unspecified atom stereocenters. The van der Waals surface area contributed by atoms with Crippen LogP contribution in [-0.4, -0.2) is 12.5 Å². The fourth-order valence-corrected chi connectivity index (χ4v) is 3.12. The molecule has 0 fully saturated rings. The second-order valence-corrected chi connectivity index (χ2v) is 6.02. The summed E-state index contributed by atoms with van der Waals surface area (Å²) in [4.78, 5) is 14.4. The molecular formula is C16H14BrFN2O. The van der Waals surface area contributed by atoms with Crippen molar-refractivity contribution in [2.24, 2.45) is 0 Å². The molecule has 2 N–H and O–H groups in total. The van der Waals surface area contributed by atoms with Gasteiger partial charge in [-0.15, -0.1) is 0 Å². The van der Waals surface area contributed by atoms with Gasteiger partial charge in [-0.2, -0.15) is 0 Å². The summed E-state index contributed by atoms with van der Waals surface area (Å²) >= 11 is 3.25. The maximum Gasteiger partial charge on any atom is 0.259 e. The molecule has 1 aliphatic heterocycles. The van der Waals surface area contributed by atoms with Crippen molar-refractivity contribution in [1.29, 1.82) is 0 Å². The van der Waals surface area contributed by atoms with E-state index in [1.807, 2.05) is 19.1 Å². The first-order valence-electron chi connectivity index (χ1n) is 6.63. The lowest BCUT2D eigenvalue weighted by Gasteiger charge is -2.19. The molecule has 1 amide bonds. The van der Waals surface area contributed by atoms with Crippen molar-refractivity contribution in [2.45, 2.75) is 13.3 Å². The maximum absolute atomic E-state index is 13.2. The van der Waals surface area contributed by atoms with Gasteiger partial charge in [0.1, 0.15) is 5.82 Å². The van der Waals surface area contributed by atoms with Crippen LogP contribution in [0.1, 0.15) is 21.5 Å². The summed E-state index contributed by atoms with van der Waals surface area (Å²) in [6.45, 7) is 2.57. The number of benzene rings is 2. The Morgan fingerprint density at radius 3 is 2.81 bits per heavy atom. The monoisotopic (exact) mass is 348 g/mol. The van der Waals surface area contributed by atoms with Crippen molar-refractivity contribution >= 4 is 33.2 Å². The lowest BCUT2D eigenvalue weighted by atomic mass is 10.1. The van der Waals surface area contributed by atoms with Gasteiger partial charge in [0, 0.05) is 22.4 Å². The van der Waals surface area contributed by atoms with Crippen LogP contribution in [-0.2, 0) is 6.42 Å². The van der Waals surface area contributed by atoms with E-state index in [-0.39, 0.29) is 11.7 Å². The van der Waals surface area contributed by atoms with Crippen LogP contribution in [0.3, 0.4) is 0 Å². The number of nitrogens with zero attached hydrogens (tertiary/aromatic N) is 1. The average Bonchev–Trinajstić information content (AvgIpc) is 2.81. The summed E-state index contributed by atoms with van der Waals surface area (Å²) in [7, 11) is 0. The van der Waals surface area contributed by atoms with Gasteiger partial charge in [-0.1, -0.05) is 6.07 Å². The highest BCUT2D eigenvalue weighted by Gasteiger charge is 2.27. The highest BCUT2D eigenvalue weighted by Crippen LogP contribution is 2.34. The number of halogens is 2. The highest BCUT2D eigenvalue weighted by molar-refractivity contribution is 9.10. The normalized spacial score (nSPS) is 13.4. The minimum Gasteiger partial charge on any atom is -0.398 e. The third-order valence-electron chi connectivity index (χ3n) is 3.77. The first-order chi connectivity index (χ1) is 9.97. The molecule has 1 aliphatic rings. The van der Waals surface area contributed by atoms with Crippen molar-refractivity contribution in [3.63, 3.8) is 0 Å². The van der Waals surface area contributed by atoms with Gasteiger partial charge in [-0.3, -0.25) is 4.79 Å². The Morgan fingerprint density at radius 2 is 2.10 bits per heavy atom. The van der Waals surface area contributed by atoms with E-state index in [4.69, 9.17) is 5.73 Å². The van der Waals surface area contributed by atoms with Gasteiger partial charge in [0.2, 0.25) is 0 Å². The van der Waals surface area contributed by atoms with Crippen LogP contribution in [0.5, 0.6) is 0 Å². The van der Waals surface area contributed by atoms with Crippen LogP contribution in [0.2, 0.25) is 0 Å². The van der Waals surface area contributed by atoms with Crippen LogP contribution in [0, 0.1) is 12.7 Å². The molecule has 0 saturated heterocycles. The van der Waals surface area contributed by atoms with E-state index in [1.165, 1.54) is 18.2 Å². The number of hydrogen-bond acceptors (Lipinski definition) is 2. The lowest BCUT2D eigenvalue weighted by Crippen LogP contribution is -2.29. The molecule has 0 saturated carbocycles. The van der Waals surface area contributed by atoms with Crippen molar-refractivity contribution in [2.75, 3.05) is 17.2 Å². The molecule has 2 aromatic rings. The van der Waals surface area contributed by atoms with Gasteiger partial charge < -0.3 is 10.6 Å². The Labute approximate surface area is 130 Å². The molecule has 21 heavy (non-hydrogen) atoms. The first kappa shape index (κ1) is 14.1. The first-order valence-corrected chi connectivity index (χ1v) is 7.42. The number of carbonyl (C=O) groups excluding carboxylic acids is 1. The van der Waals surface area contributed by atoms with E-state index in [0.29, 0.717) is 22.3 Å². The molecule has 0 spiro atoms. The zero-order valence-corrected chi connectivity index (χ0v) is 13.1. The quantitative estimate of drug-likeness (QED) is 0.799. The number of fused-ring (bicyclic) bond motifs is 1. The summed E-state index contributed by atoms with van der Waals surface area (Å²) in [5.74, 6) is -0.524. The fraction of sp³-hybridized carbons (Fsp3) is 0.188. The minimum absolute atomic E-state index is 0.149. The number of hydrogen-bond donors (Lipinski definition) is 1. The number of carbonyl (C=O) groups is 1. The summed E-state index contributed by atoms with van der Waals surface area (Å²) in [5, 5.41) is 0. The zero-order valence-electron chi connectivity index (χ0n) is 11.5. The smallest absolute Gasteiger partial charge is 0.259 e. The molecule has 0 bridgehead atoms. The Balaban J connectivity index is 2.00. The molecule has 1 heterocycles. The third-order valence-corrected chi connectivity index (χ3v) is 4.43. The van der Waals surface area contributed by atoms with Gasteiger partial charge in [-0.05, 0) is 64.7 Å². The van der Waals surface area contributed by atoms with Crippen molar-refractivity contribution in [3.05, 3.63) is 57.3 Å². The molecule has 0 atom stereocenters. The van der Waals surface area contributed by atoms with Crippen LogP contribution in [0.25, 0.3) is 0 Å². The predicted octanol–water partition coefficient (Wildman–Crippen LogP) is 3.68. The lowest BCUT2D eigenvalue weighted by molar-refractivity contribution is 0.0988. The van der Waals surface area contributed by atoms with Crippen LogP contribution >= 0.6 is 15.9 Å². The van der Waals surface area contributed by atoms with Crippen LogP contribution in [0.4, 0.5) is 15.8 Å². The van der Waals surface area contributed by atoms with Crippen LogP contribution in [0.15, 0.2) is 34.8 Å². The Hall–Kier alpha value is -1.88. The largest absolute Gasteiger partial charge is 0.398 e. The second kappa shape index (κ2) is 5.15. The van der Waals surface area contributed by atoms with Crippen molar-refractivity contribution in [3.8, 4) is 0 Å². The summed E-state index contributed by atoms with van der Waals surface area (Å²) in [6.07, 6.45) is 0.807. The van der Waals surface area contributed by atoms with E-state index in [2.05, 4.69) is 15.9 Å². The maximum atomic E-state index is 13.2. The van der Waals surface area contributed by atoms with Gasteiger partial charge >= 0.3 is 0 Å². The van der Waals surface area contributed by atoms with E-state index >= 15 is 0 Å². The third kappa shape index (κ3) is 2.42. The second-order valence-electron chi connectivity index (χ2n) is 5.17. The standard InChI is InChI=1S/C16H14BrFN2O/c1-9-6-10-4-5-20(15(10)8-14(9)19)16(21)12-3-2-11(18)7-13(12)17/h2-3,6-8H,4-5,19H2,1H3. The van der Waals surface area contributed by atoms with Gasteiger partial charge in [0.25, 0.3) is 5.91 Å². The van der Waals surface area contributed by atoms with Gasteiger partial charge in [0.05, 0.1) is 5.56 Å². The summed E-state index contributed by atoms with van der Waals surface area (Å²) < 4.78 is 13.6. The number of nitrogen functional groups attached to an aromatic ring is 1. The molecule has 0 aromatic heterocycles. The minimum atomic E-state index is -0.375. The molecule has 3 rings (SSSR count). The molecule has 0 aliphatic carbocycles. The number of aryl methyl sites for hydroxylation is 1. The summed E-state index contributed by atoms with van der Waals surface area (Å²) in [5.41, 5.74) is 10.1. The zero-order chi connectivity index (χ0) is 15.1. The molecule has 0 radical (unpaired) electrons. The van der Waals surface area contributed by atoms with E-state index in [1.54, 1.807) is 4.90 Å². The van der Waals surface area contributed by atoms with Crippen molar-refractivity contribution < 1.29 is 9.18 Å². The number of amides is 1. The Bertz CT molecular complexity index is 745. The van der Waals surface area contributed by atoms with E-state index in [9.17, 15) is 9.18 Å². The molecule has 108 valence electrons. The highest BCUT2D eigenvalue weighted by atomic mass is 79.9. The Kier molecular flexibility index (Phi) is 3.45. The molecule has 2 aromatic carbocycles. The Morgan fingerprint density at radius 1 is 1.33 bits per heavy atom. The van der Waals surface area contributed by atoms with Gasteiger partial charge in [0.15, 0.2) is 0 Å². The molecular weight excluding hydrogens is 335 g/mol. The van der Waals surface area contributed by atoms with Gasteiger partial charge in [-0.25, -0.2) is 4.39 Å². The summed E-state index contributed by atoms with van der Waals surface area (Å²) in [6, 6.07) is 7.95. The topological polar surface area (TPSA) is 46.3 Å². The number of anilines is 2. The average molecular weight is 349 g/mol. The van der Waals surface area contributed by atoms with E-state index < -0.39 is 0 Å². The van der Waals surface area contributed by atoms with Crippen LogP contribution < -0.4 is 10.6 Å². The molecule has 5 heteroatoms. The number of rotatable bonds is 1. The predicted molar refractivity (Wildman–Crippen MR) is 85.1 cm³/mol. The SMILES string of the molecule is Cc1cc2c(cc1N)N(C(=O)c1ccc(F)cc1Br)CC2.